The number of amides is 2. The van der Waals surface area contributed by atoms with Crippen LogP contribution < -0.4 is 9.47 Å². The number of benzene rings is 1. The lowest BCUT2D eigenvalue weighted by atomic mass is 9.81. The summed E-state index contributed by atoms with van der Waals surface area (Å²) in [4.78, 5) is 40.0. The summed E-state index contributed by atoms with van der Waals surface area (Å²) >= 11 is 16.2. The summed E-state index contributed by atoms with van der Waals surface area (Å²) in [6, 6.07) is 8.21. The molecule has 0 unspecified atom stereocenters. The Bertz CT molecular complexity index is 1770. The first-order valence-corrected chi connectivity index (χ1v) is 18.0. The fraction of sp³-hybridized carbons (Fsp3) is 0.333. The van der Waals surface area contributed by atoms with Gasteiger partial charge in [0.05, 0.1) is 9.75 Å². The smallest absolute Gasteiger partial charge is 0.285 e. The molecule has 0 saturated carbocycles. The van der Waals surface area contributed by atoms with Gasteiger partial charge in [-0.15, -0.1) is 22.7 Å². The Balaban J connectivity index is 1.31. The van der Waals surface area contributed by atoms with Gasteiger partial charge < -0.3 is 9.47 Å². The minimum absolute atomic E-state index is 0.166. The van der Waals surface area contributed by atoms with Crippen LogP contribution in [0, 0.1) is 0 Å². The van der Waals surface area contributed by atoms with Gasteiger partial charge in [0.1, 0.15) is 41.3 Å². The molecule has 0 atom stereocenters. The number of fused-ring (bicyclic) bond motifs is 6. The molecule has 1 aromatic carbocycles. The van der Waals surface area contributed by atoms with Crippen LogP contribution in [-0.2, 0) is 20.8 Å². The molecule has 226 valence electrons. The lowest BCUT2D eigenvalue weighted by molar-refractivity contribution is -0.120. The van der Waals surface area contributed by atoms with E-state index in [1.807, 2.05) is 26.0 Å². The molecule has 4 aliphatic rings. The number of thioether (sulfide) groups is 2. The number of aliphatic imine (C=N–C) groups is 2. The molecule has 0 aliphatic carbocycles. The van der Waals surface area contributed by atoms with Gasteiger partial charge in [-0.3, -0.25) is 19.4 Å². The number of thiocarbonyl (C=S) groups is 2. The molecule has 3 aromatic rings. The standard InChI is InChI=1S/C30H26N4O4S6/c1-7-33-25(35)23(43-27(33)39)31-19-11-17-21(41-19)13-9-16-14(10-15(13)29(3,4)37-17)22-18(38-30(16,5)6)12-20(42-22)32-24-26(36)34(8-2)28(40)44-24/h9-12H,7-8H2,1-6H3. The van der Waals surface area contributed by atoms with E-state index >= 15 is 0 Å². The van der Waals surface area contributed by atoms with E-state index in [1.165, 1.54) is 46.2 Å². The average Bonchev–Trinajstić information content (AvgIpc) is 3.67. The van der Waals surface area contributed by atoms with E-state index in [0.717, 1.165) is 43.5 Å². The Morgan fingerprint density at radius 3 is 1.43 bits per heavy atom. The molecule has 8 nitrogen and oxygen atoms in total. The zero-order valence-corrected chi connectivity index (χ0v) is 29.5. The van der Waals surface area contributed by atoms with E-state index in [0.29, 0.717) is 41.8 Å². The van der Waals surface area contributed by atoms with Gasteiger partial charge in [0.25, 0.3) is 11.8 Å². The van der Waals surface area contributed by atoms with Crippen LogP contribution in [0.1, 0.15) is 52.7 Å². The Labute approximate surface area is 281 Å². The molecule has 6 heterocycles. The van der Waals surface area contributed by atoms with Crippen molar-refractivity contribution in [3.05, 3.63) is 35.4 Å². The molecule has 0 radical (unpaired) electrons. The molecule has 4 aliphatic heterocycles. The number of hydrogen-bond donors (Lipinski definition) is 0. The summed E-state index contributed by atoms with van der Waals surface area (Å²) in [5, 5.41) is 2.13. The summed E-state index contributed by atoms with van der Waals surface area (Å²) in [7, 11) is 0. The summed E-state index contributed by atoms with van der Waals surface area (Å²) in [5.41, 5.74) is 2.95. The van der Waals surface area contributed by atoms with E-state index in [1.54, 1.807) is 9.80 Å². The third-order valence-corrected chi connectivity index (χ3v) is 12.5. The molecule has 7 rings (SSSR count). The molecule has 44 heavy (non-hydrogen) atoms. The minimum Gasteiger partial charge on any atom is -0.482 e. The number of nitrogens with zero attached hydrogens (tertiary/aromatic N) is 4. The second kappa shape index (κ2) is 10.5. The number of ether oxygens (including phenoxy) is 2. The lowest BCUT2D eigenvalue weighted by Gasteiger charge is -2.38. The van der Waals surface area contributed by atoms with Gasteiger partial charge in [0, 0.05) is 47.5 Å². The van der Waals surface area contributed by atoms with E-state index in [4.69, 9.17) is 43.9 Å². The number of carbonyl (C=O) groups excluding carboxylic acids is 2. The topological polar surface area (TPSA) is 83.8 Å². The first kappa shape index (κ1) is 30.1. The summed E-state index contributed by atoms with van der Waals surface area (Å²) in [6.45, 7) is 13.1. The summed E-state index contributed by atoms with van der Waals surface area (Å²) in [6.07, 6.45) is 0. The summed E-state index contributed by atoms with van der Waals surface area (Å²) in [5.74, 6) is 1.14. The van der Waals surface area contributed by atoms with Crippen LogP contribution in [0.15, 0.2) is 34.3 Å². The molecule has 2 aromatic heterocycles. The van der Waals surface area contributed by atoms with Crippen molar-refractivity contribution >= 4 is 111 Å². The quantitative estimate of drug-likeness (QED) is 0.252. The van der Waals surface area contributed by atoms with Gasteiger partial charge in [-0.05, 0) is 77.2 Å². The predicted octanol–water partition coefficient (Wildman–Crippen LogP) is 8.22. The maximum atomic E-state index is 12.8. The maximum Gasteiger partial charge on any atom is 0.285 e. The second-order valence-electron chi connectivity index (χ2n) is 11.4. The third-order valence-electron chi connectivity index (χ3n) is 7.77. The molecule has 2 amide bonds. The normalized spacial score (nSPS) is 21.4. The monoisotopic (exact) mass is 698 g/mol. The van der Waals surface area contributed by atoms with E-state index in [9.17, 15) is 9.59 Å². The Morgan fingerprint density at radius 1 is 0.705 bits per heavy atom. The van der Waals surface area contributed by atoms with Crippen molar-refractivity contribution in [3.63, 3.8) is 0 Å². The van der Waals surface area contributed by atoms with Gasteiger partial charge >= 0.3 is 0 Å². The van der Waals surface area contributed by atoms with Gasteiger partial charge in [0.15, 0.2) is 10.1 Å². The molecule has 0 bridgehead atoms. The van der Waals surface area contributed by atoms with Crippen molar-refractivity contribution in [2.24, 2.45) is 9.98 Å². The van der Waals surface area contributed by atoms with Crippen molar-refractivity contribution in [2.75, 3.05) is 13.1 Å². The predicted molar refractivity (Wildman–Crippen MR) is 190 cm³/mol. The Morgan fingerprint density at radius 2 is 1.09 bits per heavy atom. The zero-order valence-electron chi connectivity index (χ0n) is 24.6. The molecule has 14 heteroatoms. The van der Waals surface area contributed by atoms with Gasteiger partial charge in [0.2, 0.25) is 0 Å². The van der Waals surface area contributed by atoms with E-state index < -0.39 is 11.2 Å². The van der Waals surface area contributed by atoms with E-state index in [2.05, 4.69) is 39.8 Å². The highest BCUT2D eigenvalue weighted by Gasteiger charge is 2.41. The number of rotatable bonds is 4. The largest absolute Gasteiger partial charge is 0.482 e. The van der Waals surface area contributed by atoms with Crippen molar-refractivity contribution in [1.29, 1.82) is 0 Å². The molecule has 0 N–H and O–H groups in total. The maximum absolute atomic E-state index is 12.8. The number of carbonyl (C=O) groups is 2. The fourth-order valence-electron chi connectivity index (χ4n) is 5.64. The highest BCUT2D eigenvalue weighted by molar-refractivity contribution is 8.35. The third kappa shape index (κ3) is 4.68. The van der Waals surface area contributed by atoms with Crippen molar-refractivity contribution in [1.82, 2.24) is 9.80 Å². The van der Waals surface area contributed by atoms with Crippen LogP contribution in [0.3, 0.4) is 0 Å². The molecular weight excluding hydrogens is 673 g/mol. The molecule has 2 saturated heterocycles. The average molecular weight is 699 g/mol. The summed E-state index contributed by atoms with van der Waals surface area (Å²) < 4.78 is 14.2. The first-order chi connectivity index (χ1) is 20.8. The SMILES string of the molecule is CCN1C(=O)C(=Nc2cc3c(s2)-c2cc4c(cc2C(C)(C)O3)-c2sc(N=C3SC(=S)N(CC)C3=O)cc2OC4(C)C)SC1=S. The van der Waals surface area contributed by atoms with Crippen LogP contribution in [0.25, 0.3) is 20.9 Å². The molecular formula is C30H26N4O4S6. The molecule has 2 fully saturated rings. The van der Waals surface area contributed by atoms with Crippen molar-refractivity contribution in [3.8, 4) is 32.4 Å². The first-order valence-electron chi connectivity index (χ1n) is 13.9. The highest BCUT2D eigenvalue weighted by atomic mass is 32.2. The number of thiophene rings is 2. The van der Waals surface area contributed by atoms with Gasteiger partial charge in [-0.2, -0.15) is 0 Å². The fourth-order valence-corrected chi connectivity index (χ4v) is 10.3. The van der Waals surface area contributed by atoms with Crippen LogP contribution in [0.2, 0.25) is 0 Å². The zero-order chi connectivity index (χ0) is 31.3. The van der Waals surface area contributed by atoms with E-state index in [-0.39, 0.29) is 11.8 Å². The minimum atomic E-state index is -0.628. The van der Waals surface area contributed by atoms with Crippen molar-refractivity contribution in [2.45, 2.75) is 52.7 Å². The molecule has 0 spiro atoms. The van der Waals surface area contributed by atoms with Crippen LogP contribution in [0.4, 0.5) is 10.0 Å². The highest BCUT2D eigenvalue weighted by Crippen LogP contribution is 2.57. The van der Waals surface area contributed by atoms with Crippen LogP contribution >= 0.6 is 70.6 Å². The second-order valence-corrected chi connectivity index (χ2v) is 16.7. The van der Waals surface area contributed by atoms with Crippen molar-refractivity contribution < 1.29 is 19.1 Å². The van der Waals surface area contributed by atoms with Gasteiger partial charge in [-0.1, -0.05) is 24.4 Å². The Kier molecular flexibility index (Phi) is 7.14. The van der Waals surface area contributed by atoms with Crippen LogP contribution in [0.5, 0.6) is 11.5 Å². The van der Waals surface area contributed by atoms with Gasteiger partial charge in [-0.25, -0.2) is 9.98 Å². The number of hydrogen-bond acceptors (Lipinski definition) is 12. The Hall–Kier alpha value is -2.62. The lowest BCUT2D eigenvalue weighted by Crippen LogP contribution is -2.32. The van der Waals surface area contributed by atoms with Crippen LogP contribution in [-0.4, -0.2) is 53.4 Å².